The van der Waals surface area contributed by atoms with E-state index < -0.39 is 0 Å². The lowest BCUT2D eigenvalue weighted by Gasteiger charge is -2.46. The lowest BCUT2D eigenvalue weighted by molar-refractivity contribution is -0.0569. The van der Waals surface area contributed by atoms with Crippen molar-refractivity contribution in [3.05, 3.63) is 35.9 Å². The molecule has 0 N–H and O–H groups in total. The van der Waals surface area contributed by atoms with Crippen LogP contribution >= 0.6 is 0 Å². The maximum atomic E-state index is 6.08. The van der Waals surface area contributed by atoms with Gasteiger partial charge in [0.25, 0.3) is 0 Å². The first-order valence-electron chi connectivity index (χ1n) is 7.51. The van der Waals surface area contributed by atoms with Crippen LogP contribution in [0.1, 0.15) is 51.6 Å². The summed E-state index contributed by atoms with van der Waals surface area (Å²) in [6.07, 6.45) is 4.12. The van der Waals surface area contributed by atoms with Gasteiger partial charge in [0.15, 0.2) is 0 Å². The number of piperidine rings is 1. The number of benzene rings is 1. The highest BCUT2D eigenvalue weighted by atomic mass is 16.5. The molecule has 0 bridgehead atoms. The zero-order valence-electron chi connectivity index (χ0n) is 12.3. The van der Waals surface area contributed by atoms with Crippen molar-refractivity contribution in [3.63, 3.8) is 0 Å². The summed E-state index contributed by atoms with van der Waals surface area (Å²) in [7, 11) is 0. The van der Waals surface area contributed by atoms with E-state index in [0.717, 1.165) is 6.61 Å². The molecule has 3 atom stereocenters. The quantitative estimate of drug-likeness (QED) is 0.756. The van der Waals surface area contributed by atoms with Crippen molar-refractivity contribution in [1.29, 1.82) is 0 Å². The van der Waals surface area contributed by atoms with Gasteiger partial charge in [0.2, 0.25) is 0 Å². The first kappa shape index (κ1) is 13.1. The predicted octanol–water partition coefficient (Wildman–Crippen LogP) is 3.98. The number of rotatable bonds is 1. The van der Waals surface area contributed by atoms with Gasteiger partial charge in [-0.3, -0.25) is 4.90 Å². The second kappa shape index (κ2) is 4.92. The minimum absolute atomic E-state index is 0.319. The molecule has 1 aromatic carbocycles. The fraction of sp³-hybridized carbons (Fsp3) is 0.647. The summed E-state index contributed by atoms with van der Waals surface area (Å²) in [4.78, 5) is 2.65. The van der Waals surface area contributed by atoms with E-state index in [4.69, 9.17) is 4.74 Å². The molecule has 1 aromatic rings. The lowest BCUT2D eigenvalue weighted by Crippen LogP contribution is -2.50. The van der Waals surface area contributed by atoms with E-state index in [0.29, 0.717) is 23.7 Å². The smallest absolute Gasteiger partial charge is 0.111 e. The molecule has 0 amide bonds. The van der Waals surface area contributed by atoms with Crippen LogP contribution in [0, 0.1) is 5.41 Å². The van der Waals surface area contributed by atoms with Gasteiger partial charge >= 0.3 is 0 Å². The molecule has 2 aliphatic rings. The summed E-state index contributed by atoms with van der Waals surface area (Å²) >= 11 is 0. The van der Waals surface area contributed by atoms with E-state index in [9.17, 15) is 0 Å². The Hall–Kier alpha value is -0.860. The molecule has 1 unspecified atom stereocenters. The Bertz CT molecular complexity index is 423. The topological polar surface area (TPSA) is 12.5 Å². The maximum absolute atomic E-state index is 6.08. The fourth-order valence-electron chi connectivity index (χ4n) is 3.68. The van der Waals surface area contributed by atoms with Crippen molar-refractivity contribution >= 4 is 0 Å². The van der Waals surface area contributed by atoms with Gasteiger partial charge in [-0.15, -0.1) is 0 Å². The second-order valence-electron chi connectivity index (χ2n) is 6.97. The Morgan fingerprint density at radius 1 is 1.11 bits per heavy atom. The Morgan fingerprint density at radius 3 is 2.53 bits per heavy atom. The SMILES string of the molecule is CC(C)(C)C1CCC[C@H]2OC[C@@H](c3ccccc3)N12. The molecule has 2 aliphatic heterocycles. The average Bonchev–Trinajstić information content (AvgIpc) is 2.82. The van der Waals surface area contributed by atoms with Gasteiger partial charge < -0.3 is 4.74 Å². The van der Waals surface area contributed by atoms with Gasteiger partial charge in [-0.1, -0.05) is 51.1 Å². The first-order valence-corrected chi connectivity index (χ1v) is 7.51. The molecule has 0 saturated carbocycles. The van der Waals surface area contributed by atoms with Crippen LogP contribution in [0.4, 0.5) is 0 Å². The molecule has 0 aliphatic carbocycles. The largest absolute Gasteiger partial charge is 0.361 e. The Morgan fingerprint density at radius 2 is 1.84 bits per heavy atom. The molecule has 2 heterocycles. The third kappa shape index (κ3) is 2.44. The van der Waals surface area contributed by atoms with E-state index in [2.05, 4.69) is 56.0 Å². The number of hydrogen-bond donors (Lipinski definition) is 0. The van der Waals surface area contributed by atoms with Gasteiger partial charge in [-0.05, 0) is 30.2 Å². The van der Waals surface area contributed by atoms with Crippen LogP contribution in [0.5, 0.6) is 0 Å². The van der Waals surface area contributed by atoms with E-state index in [-0.39, 0.29) is 0 Å². The van der Waals surface area contributed by atoms with E-state index >= 15 is 0 Å². The normalized spacial score (nSPS) is 32.3. The molecule has 0 radical (unpaired) electrons. The molecule has 0 aromatic heterocycles. The van der Waals surface area contributed by atoms with E-state index in [1.807, 2.05) is 0 Å². The van der Waals surface area contributed by atoms with Gasteiger partial charge in [0.1, 0.15) is 6.23 Å². The Balaban J connectivity index is 1.91. The summed E-state index contributed by atoms with van der Waals surface area (Å²) in [5.74, 6) is 0. The lowest BCUT2D eigenvalue weighted by atomic mass is 9.79. The van der Waals surface area contributed by atoms with Crippen LogP contribution in [0.15, 0.2) is 30.3 Å². The second-order valence-corrected chi connectivity index (χ2v) is 6.97. The fourth-order valence-corrected chi connectivity index (χ4v) is 3.68. The molecule has 3 rings (SSSR count). The molecule has 104 valence electrons. The average molecular weight is 259 g/mol. The van der Waals surface area contributed by atoms with Crippen molar-refractivity contribution in [3.8, 4) is 0 Å². The van der Waals surface area contributed by atoms with Crippen LogP contribution in [0.2, 0.25) is 0 Å². The van der Waals surface area contributed by atoms with E-state index in [1.165, 1.54) is 24.8 Å². The Labute approximate surface area is 116 Å². The van der Waals surface area contributed by atoms with Crippen LogP contribution in [0.25, 0.3) is 0 Å². The molecule has 2 saturated heterocycles. The summed E-state index contributed by atoms with van der Waals surface area (Å²) < 4.78 is 6.08. The van der Waals surface area contributed by atoms with E-state index in [1.54, 1.807) is 0 Å². The zero-order valence-corrected chi connectivity index (χ0v) is 12.3. The Kier molecular flexibility index (Phi) is 3.40. The monoisotopic (exact) mass is 259 g/mol. The molecule has 2 fully saturated rings. The van der Waals surface area contributed by atoms with Crippen molar-refractivity contribution in [2.75, 3.05) is 6.61 Å². The molecule has 2 heteroatoms. The van der Waals surface area contributed by atoms with Crippen LogP contribution < -0.4 is 0 Å². The number of nitrogens with zero attached hydrogens (tertiary/aromatic N) is 1. The highest BCUT2D eigenvalue weighted by Gasteiger charge is 2.45. The van der Waals surface area contributed by atoms with Gasteiger partial charge in [-0.2, -0.15) is 0 Å². The van der Waals surface area contributed by atoms with Crippen molar-refractivity contribution < 1.29 is 4.74 Å². The summed E-state index contributed by atoms with van der Waals surface area (Å²) in [5.41, 5.74) is 1.72. The minimum Gasteiger partial charge on any atom is -0.361 e. The molecule has 0 spiro atoms. The van der Waals surface area contributed by atoms with Crippen LogP contribution in [-0.4, -0.2) is 23.8 Å². The zero-order chi connectivity index (χ0) is 13.5. The summed E-state index contributed by atoms with van der Waals surface area (Å²) in [5, 5.41) is 0. The molecule has 2 nitrogen and oxygen atoms in total. The maximum Gasteiger partial charge on any atom is 0.111 e. The van der Waals surface area contributed by atoms with Gasteiger partial charge in [0.05, 0.1) is 12.6 Å². The standard InChI is InChI=1S/C17H25NO/c1-17(2,3)15-10-7-11-16-18(15)14(12-19-16)13-8-5-4-6-9-13/h4-6,8-9,14-16H,7,10-12H2,1-3H3/t14-,15?,16+/m0/s1. The van der Waals surface area contributed by atoms with Crippen LogP contribution in [0.3, 0.4) is 0 Å². The van der Waals surface area contributed by atoms with Crippen molar-refractivity contribution in [2.45, 2.75) is 58.3 Å². The first-order chi connectivity index (χ1) is 9.07. The molecular weight excluding hydrogens is 234 g/mol. The highest BCUT2D eigenvalue weighted by Crippen LogP contribution is 2.43. The highest BCUT2D eigenvalue weighted by molar-refractivity contribution is 5.21. The van der Waals surface area contributed by atoms with Gasteiger partial charge in [0, 0.05) is 6.04 Å². The number of fused-ring (bicyclic) bond motifs is 1. The van der Waals surface area contributed by atoms with Crippen molar-refractivity contribution in [2.24, 2.45) is 5.41 Å². The minimum atomic E-state index is 0.319. The van der Waals surface area contributed by atoms with Gasteiger partial charge in [-0.25, -0.2) is 0 Å². The predicted molar refractivity (Wildman–Crippen MR) is 77.9 cm³/mol. The van der Waals surface area contributed by atoms with Crippen LogP contribution in [-0.2, 0) is 4.74 Å². The summed E-state index contributed by atoms with van der Waals surface area (Å²) in [6, 6.07) is 11.9. The number of ether oxygens (including phenoxy) is 1. The summed E-state index contributed by atoms with van der Waals surface area (Å²) in [6.45, 7) is 7.93. The third-order valence-electron chi connectivity index (χ3n) is 4.61. The molecule has 19 heavy (non-hydrogen) atoms. The number of hydrogen-bond acceptors (Lipinski definition) is 2. The molecular formula is C17H25NO. The third-order valence-corrected chi connectivity index (χ3v) is 4.61. The van der Waals surface area contributed by atoms with Crippen molar-refractivity contribution in [1.82, 2.24) is 4.90 Å².